The molecule has 0 radical (unpaired) electrons. The third kappa shape index (κ3) is 3.33. The van der Waals surface area contributed by atoms with Crippen LogP contribution in [0.4, 0.5) is 0 Å². The van der Waals surface area contributed by atoms with E-state index in [2.05, 4.69) is 5.10 Å². The molecule has 160 valence electrons. The molecular formula is C23H24N4O4. The number of hydrogen-bond donors (Lipinski definition) is 2. The van der Waals surface area contributed by atoms with Crippen LogP contribution in [0.25, 0.3) is 16.6 Å². The Balaban J connectivity index is 1.33. The number of amides is 2. The largest absolute Gasteiger partial charge is 0.507 e. The van der Waals surface area contributed by atoms with E-state index in [-0.39, 0.29) is 23.1 Å². The molecule has 1 aliphatic carbocycles. The Labute approximate surface area is 179 Å². The van der Waals surface area contributed by atoms with Crippen LogP contribution < -0.4 is 0 Å². The third-order valence-electron chi connectivity index (χ3n) is 6.20. The van der Waals surface area contributed by atoms with Gasteiger partial charge in [0.2, 0.25) is 0 Å². The van der Waals surface area contributed by atoms with Crippen molar-refractivity contribution in [2.75, 3.05) is 26.2 Å². The van der Waals surface area contributed by atoms with Gasteiger partial charge in [0, 0.05) is 37.6 Å². The number of fused-ring (bicyclic) bond motifs is 1. The summed E-state index contributed by atoms with van der Waals surface area (Å²) >= 11 is 0. The van der Waals surface area contributed by atoms with E-state index in [1.165, 1.54) is 0 Å². The average Bonchev–Trinajstić information content (AvgIpc) is 3.46. The average molecular weight is 420 g/mol. The molecule has 8 nitrogen and oxygen atoms in total. The zero-order valence-electron chi connectivity index (χ0n) is 17.3. The molecule has 2 aromatic carbocycles. The minimum atomic E-state index is -1.19. The Morgan fingerprint density at radius 1 is 1.00 bits per heavy atom. The minimum absolute atomic E-state index is 0.106. The van der Waals surface area contributed by atoms with Gasteiger partial charge >= 0.3 is 0 Å². The summed E-state index contributed by atoms with van der Waals surface area (Å²) in [7, 11) is 0. The quantitative estimate of drug-likeness (QED) is 0.674. The summed E-state index contributed by atoms with van der Waals surface area (Å²) in [6.07, 6.45) is 1.02. The first-order valence-electron chi connectivity index (χ1n) is 10.5. The van der Waals surface area contributed by atoms with E-state index >= 15 is 0 Å². The number of para-hydroxylation sites is 1. The van der Waals surface area contributed by atoms with Gasteiger partial charge in [-0.15, -0.1) is 0 Å². The van der Waals surface area contributed by atoms with Crippen LogP contribution in [0.2, 0.25) is 0 Å². The number of aromatic hydroxyl groups is 1. The summed E-state index contributed by atoms with van der Waals surface area (Å²) in [4.78, 5) is 28.5. The fraction of sp³-hybridized carbons (Fsp3) is 0.348. The fourth-order valence-electron chi connectivity index (χ4n) is 4.16. The van der Waals surface area contributed by atoms with Crippen molar-refractivity contribution in [3.8, 4) is 11.4 Å². The van der Waals surface area contributed by atoms with E-state index in [1.54, 1.807) is 32.7 Å². The Morgan fingerprint density at radius 3 is 2.35 bits per heavy atom. The minimum Gasteiger partial charge on any atom is -0.507 e. The van der Waals surface area contributed by atoms with Crippen molar-refractivity contribution in [3.63, 3.8) is 0 Å². The highest BCUT2D eigenvalue weighted by Crippen LogP contribution is 2.37. The molecule has 2 heterocycles. The molecule has 1 saturated carbocycles. The van der Waals surface area contributed by atoms with Gasteiger partial charge in [-0.25, -0.2) is 4.68 Å². The lowest BCUT2D eigenvalue weighted by atomic mass is 10.1. The summed E-state index contributed by atoms with van der Waals surface area (Å²) in [6, 6.07) is 12.8. The summed E-state index contributed by atoms with van der Waals surface area (Å²) < 4.78 is 1.76. The molecule has 0 spiro atoms. The maximum Gasteiger partial charge on any atom is 0.257 e. The first kappa shape index (κ1) is 19.6. The molecule has 2 N–H and O–H groups in total. The van der Waals surface area contributed by atoms with Crippen LogP contribution in [-0.4, -0.2) is 73.4 Å². The molecule has 1 saturated heterocycles. The van der Waals surface area contributed by atoms with Crippen molar-refractivity contribution in [1.82, 2.24) is 19.6 Å². The van der Waals surface area contributed by atoms with Crippen LogP contribution in [-0.2, 0) is 4.79 Å². The van der Waals surface area contributed by atoms with Crippen LogP contribution in [0.1, 0.15) is 28.9 Å². The van der Waals surface area contributed by atoms with Gasteiger partial charge < -0.3 is 20.0 Å². The lowest BCUT2D eigenvalue weighted by Gasteiger charge is -2.35. The highest BCUT2D eigenvalue weighted by atomic mass is 16.3. The van der Waals surface area contributed by atoms with E-state index in [0.29, 0.717) is 44.7 Å². The zero-order chi connectivity index (χ0) is 21.8. The Hall–Kier alpha value is -3.39. The third-order valence-corrected chi connectivity index (χ3v) is 6.20. The molecule has 8 heteroatoms. The number of phenolic OH excluding ortho intramolecular Hbond substituents is 1. The fourth-order valence-corrected chi connectivity index (χ4v) is 4.16. The number of benzene rings is 2. The molecule has 31 heavy (non-hydrogen) atoms. The number of nitrogens with zero attached hydrogens (tertiary/aromatic N) is 4. The molecule has 0 atom stereocenters. The van der Waals surface area contributed by atoms with Gasteiger partial charge in [0.15, 0.2) is 0 Å². The predicted molar refractivity (Wildman–Crippen MR) is 114 cm³/mol. The lowest BCUT2D eigenvalue weighted by Crippen LogP contribution is -2.53. The summed E-state index contributed by atoms with van der Waals surface area (Å²) in [5.74, 6) is -0.623. The standard InChI is InChI=1S/C23H24N4O4/c1-15-17-4-2-3-5-19(17)27(24-15)16-6-7-18(20(28)14-16)21(29)25-10-12-26(13-11-25)22(30)23(31)8-9-23/h2-7,14,28,31H,8-13H2,1H3. The van der Waals surface area contributed by atoms with Gasteiger partial charge in [0.25, 0.3) is 11.8 Å². The molecule has 2 aliphatic rings. The molecule has 5 rings (SSSR count). The first-order chi connectivity index (χ1) is 14.9. The van der Waals surface area contributed by atoms with Crippen molar-refractivity contribution in [3.05, 3.63) is 53.7 Å². The number of aryl methyl sites for hydroxylation is 1. The Kier molecular flexibility index (Phi) is 4.48. The summed E-state index contributed by atoms with van der Waals surface area (Å²) in [6.45, 7) is 3.42. The molecule has 2 amide bonds. The molecule has 2 fully saturated rings. The smallest absolute Gasteiger partial charge is 0.257 e. The molecular weight excluding hydrogens is 396 g/mol. The van der Waals surface area contributed by atoms with E-state index in [9.17, 15) is 19.8 Å². The Bertz CT molecular complexity index is 1190. The second-order valence-electron chi connectivity index (χ2n) is 8.33. The number of piperazine rings is 1. The number of phenols is 1. The van der Waals surface area contributed by atoms with Crippen molar-refractivity contribution >= 4 is 22.7 Å². The van der Waals surface area contributed by atoms with Gasteiger partial charge in [-0.05, 0) is 38.0 Å². The molecule has 1 aromatic heterocycles. The molecule has 0 unspecified atom stereocenters. The lowest BCUT2D eigenvalue weighted by molar-refractivity contribution is -0.143. The number of rotatable bonds is 3. The van der Waals surface area contributed by atoms with Gasteiger partial charge in [-0.1, -0.05) is 18.2 Å². The highest BCUT2D eigenvalue weighted by Gasteiger charge is 2.50. The van der Waals surface area contributed by atoms with Crippen molar-refractivity contribution < 1.29 is 19.8 Å². The van der Waals surface area contributed by atoms with Crippen molar-refractivity contribution in [2.24, 2.45) is 0 Å². The molecule has 3 aromatic rings. The number of aliphatic hydroxyl groups is 1. The zero-order valence-corrected chi connectivity index (χ0v) is 17.3. The number of carbonyl (C=O) groups excluding carboxylic acids is 2. The maximum absolute atomic E-state index is 13.0. The Morgan fingerprint density at radius 2 is 1.68 bits per heavy atom. The van der Waals surface area contributed by atoms with Crippen molar-refractivity contribution in [2.45, 2.75) is 25.4 Å². The van der Waals surface area contributed by atoms with Gasteiger partial charge in [0.1, 0.15) is 11.4 Å². The number of aromatic nitrogens is 2. The second kappa shape index (κ2) is 7.09. The van der Waals surface area contributed by atoms with Crippen LogP contribution in [0, 0.1) is 6.92 Å². The number of hydrogen-bond acceptors (Lipinski definition) is 5. The van der Waals surface area contributed by atoms with Crippen LogP contribution in [0.5, 0.6) is 5.75 Å². The van der Waals surface area contributed by atoms with E-state index in [0.717, 1.165) is 16.6 Å². The van der Waals surface area contributed by atoms with Crippen LogP contribution in [0.3, 0.4) is 0 Å². The maximum atomic E-state index is 13.0. The van der Waals surface area contributed by atoms with Gasteiger partial charge in [-0.2, -0.15) is 5.10 Å². The van der Waals surface area contributed by atoms with Gasteiger partial charge in [0.05, 0.1) is 22.5 Å². The predicted octanol–water partition coefficient (Wildman–Crippen LogP) is 1.85. The second-order valence-corrected chi connectivity index (χ2v) is 8.33. The first-order valence-corrected chi connectivity index (χ1v) is 10.5. The van der Waals surface area contributed by atoms with Crippen molar-refractivity contribution in [1.29, 1.82) is 0 Å². The van der Waals surface area contributed by atoms with E-state index in [1.807, 2.05) is 31.2 Å². The monoisotopic (exact) mass is 420 g/mol. The van der Waals surface area contributed by atoms with Crippen LogP contribution in [0.15, 0.2) is 42.5 Å². The van der Waals surface area contributed by atoms with E-state index in [4.69, 9.17) is 0 Å². The van der Waals surface area contributed by atoms with Gasteiger partial charge in [-0.3, -0.25) is 9.59 Å². The van der Waals surface area contributed by atoms with Crippen LogP contribution >= 0.6 is 0 Å². The SMILES string of the molecule is Cc1nn(-c2ccc(C(=O)N3CCN(C(=O)C4(O)CC4)CC3)c(O)c2)c2ccccc12. The highest BCUT2D eigenvalue weighted by molar-refractivity contribution is 5.97. The summed E-state index contributed by atoms with van der Waals surface area (Å²) in [5, 5.41) is 26.2. The topological polar surface area (TPSA) is 98.9 Å². The molecule has 1 aliphatic heterocycles. The summed E-state index contributed by atoms with van der Waals surface area (Å²) in [5.41, 5.74) is 1.52. The normalized spacial score (nSPS) is 17.7. The number of carbonyl (C=O) groups is 2. The van der Waals surface area contributed by atoms with E-state index < -0.39 is 5.60 Å². The molecule has 0 bridgehead atoms.